The van der Waals surface area contributed by atoms with Crippen molar-refractivity contribution in [2.24, 2.45) is 23.2 Å². The third kappa shape index (κ3) is 3.43. The molecule has 4 aliphatic carbocycles. The fraction of sp³-hybridized carbons (Fsp3) is 0.696. The zero-order valence-corrected chi connectivity index (χ0v) is 19.1. The molecule has 6 rings (SSSR count). The number of thiophene rings is 1. The highest BCUT2D eigenvalue weighted by atomic mass is 32.1. The van der Waals surface area contributed by atoms with Crippen LogP contribution in [0.5, 0.6) is 0 Å². The summed E-state index contributed by atoms with van der Waals surface area (Å²) in [5.74, 6) is 0.740. The molecule has 0 spiro atoms. The van der Waals surface area contributed by atoms with E-state index in [0.29, 0.717) is 42.3 Å². The van der Waals surface area contributed by atoms with Crippen LogP contribution in [0.1, 0.15) is 73.7 Å². The van der Waals surface area contributed by atoms with E-state index >= 15 is 0 Å². The van der Waals surface area contributed by atoms with E-state index in [-0.39, 0.29) is 16.9 Å². The Bertz CT molecular complexity index is 948. The molecule has 5 aliphatic rings. The molecule has 7 nitrogen and oxygen atoms in total. The molecule has 1 aliphatic heterocycles. The van der Waals surface area contributed by atoms with E-state index in [0.717, 1.165) is 36.1 Å². The molecule has 0 radical (unpaired) electrons. The summed E-state index contributed by atoms with van der Waals surface area (Å²) in [6.07, 6.45) is 5.47. The van der Waals surface area contributed by atoms with Crippen molar-refractivity contribution in [1.82, 2.24) is 4.90 Å². The third-order valence-corrected chi connectivity index (χ3v) is 8.72. The second-order valence-electron chi connectivity index (χ2n) is 10.8. The van der Waals surface area contributed by atoms with Crippen LogP contribution in [0.2, 0.25) is 0 Å². The summed E-state index contributed by atoms with van der Waals surface area (Å²) < 4.78 is 5.47. The van der Waals surface area contributed by atoms with Crippen molar-refractivity contribution >= 4 is 34.3 Å². The predicted molar refractivity (Wildman–Crippen MR) is 116 cm³/mol. The predicted octanol–water partition coefficient (Wildman–Crippen LogP) is 4.50. The Morgan fingerprint density at radius 2 is 1.84 bits per heavy atom. The SMILES string of the molecule is CC(C)(C)OC(=O)N1CCc2c(sc(NC(=O)C34CC5CC(CC3C5)C4)c2C(=O)O)C1. The van der Waals surface area contributed by atoms with Crippen molar-refractivity contribution in [2.45, 2.75) is 71.4 Å². The van der Waals surface area contributed by atoms with Crippen molar-refractivity contribution in [1.29, 1.82) is 0 Å². The number of amides is 2. The van der Waals surface area contributed by atoms with Crippen LogP contribution in [0, 0.1) is 23.2 Å². The van der Waals surface area contributed by atoms with Gasteiger partial charge in [0.2, 0.25) is 5.91 Å². The van der Waals surface area contributed by atoms with Crippen molar-refractivity contribution in [2.75, 3.05) is 11.9 Å². The highest BCUT2D eigenvalue weighted by molar-refractivity contribution is 7.17. The molecule has 0 saturated heterocycles. The molecular formula is C23H30N2O5S. The molecule has 2 atom stereocenters. The number of carbonyl (C=O) groups excluding carboxylic acids is 2. The first-order valence-electron chi connectivity index (χ1n) is 11.2. The number of anilines is 1. The van der Waals surface area contributed by atoms with Crippen molar-refractivity contribution in [3.8, 4) is 0 Å². The highest BCUT2D eigenvalue weighted by Crippen LogP contribution is 2.65. The number of nitrogens with zero attached hydrogens (tertiary/aromatic N) is 1. The number of aromatic carboxylic acids is 1. The fourth-order valence-corrected chi connectivity index (χ4v) is 7.85. The van der Waals surface area contributed by atoms with Crippen LogP contribution in [-0.4, -0.2) is 40.1 Å². The summed E-state index contributed by atoms with van der Waals surface area (Å²) >= 11 is 1.30. The molecule has 31 heavy (non-hydrogen) atoms. The Hall–Kier alpha value is -2.09. The van der Waals surface area contributed by atoms with E-state index in [1.54, 1.807) is 4.90 Å². The highest BCUT2D eigenvalue weighted by Gasteiger charge is 2.61. The van der Waals surface area contributed by atoms with Gasteiger partial charge in [0.1, 0.15) is 10.6 Å². The van der Waals surface area contributed by atoms with Gasteiger partial charge in [0, 0.05) is 11.4 Å². The lowest BCUT2D eigenvalue weighted by atomic mass is 9.75. The summed E-state index contributed by atoms with van der Waals surface area (Å²) in [7, 11) is 0. The van der Waals surface area contributed by atoms with E-state index in [2.05, 4.69) is 5.32 Å². The van der Waals surface area contributed by atoms with E-state index in [1.807, 2.05) is 20.8 Å². The number of fused-ring (bicyclic) bond motifs is 1. The maximum atomic E-state index is 13.4. The number of hydrogen-bond donors (Lipinski definition) is 2. The van der Waals surface area contributed by atoms with Gasteiger partial charge in [0.25, 0.3) is 0 Å². The van der Waals surface area contributed by atoms with Gasteiger partial charge in [0.05, 0.1) is 17.5 Å². The molecule has 0 aromatic carbocycles. The van der Waals surface area contributed by atoms with E-state index < -0.39 is 17.7 Å². The van der Waals surface area contributed by atoms with Gasteiger partial charge in [0.15, 0.2) is 0 Å². The minimum Gasteiger partial charge on any atom is -0.478 e. The molecule has 1 aromatic rings. The van der Waals surface area contributed by atoms with Gasteiger partial charge >= 0.3 is 12.1 Å². The minimum absolute atomic E-state index is 0.00675. The number of rotatable bonds is 3. The van der Waals surface area contributed by atoms with Gasteiger partial charge in [-0.15, -0.1) is 11.3 Å². The first-order chi connectivity index (χ1) is 14.6. The van der Waals surface area contributed by atoms with Crippen LogP contribution in [0.3, 0.4) is 0 Å². The quantitative estimate of drug-likeness (QED) is 0.712. The third-order valence-electron chi connectivity index (χ3n) is 7.59. The first kappa shape index (κ1) is 20.8. The number of carboxylic acids is 1. The van der Waals surface area contributed by atoms with Crippen molar-refractivity contribution in [3.05, 3.63) is 16.0 Å². The monoisotopic (exact) mass is 446 g/mol. The standard InChI is InChI=1S/C23H30N2O5S/c1-22(2,3)30-21(29)25-5-4-15-16(11-25)31-18(17(15)19(26)27)24-20(28)23-9-12-6-13(10-23)8-14(23)7-12/h12-14H,4-11H2,1-3H3,(H,24,28)(H,26,27). The van der Waals surface area contributed by atoms with Crippen LogP contribution < -0.4 is 5.32 Å². The van der Waals surface area contributed by atoms with Crippen LogP contribution in [0.15, 0.2) is 0 Å². The topological polar surface area (TPSA) is 95.9 Å². The normalized spacial score (nSPS) is 30.9. The number of ether oxygens (including phenoxy) is 1. The fourth-order valence-electron chi connectivity index (χ4n) is 6.59. The molecule has 168 valence electrons. The number of hydrogen-bond acceptors (Lipinski definition) is 5. The molecule has 2 amide bonds. The Morgan fingerprint density at radius 3 is 2.45 bits per heavy atom. The molecule has 2 N–H and O–H groups in total. The van der Waals surface area contributed by atoms with Crippen LogP contribution in [-0.2, 0) is 22.5 Å². The van der Waals surface area contributed by atoms with Crippen LogP contribution in [0.25, 0.3) is 0 Å². The minimum atomic E-state index is -1.02. The zero-order chi connectivity index (χ0) is 22.1. The van der Waals surface area contributed by atoms with Crippen LogP contribution >= 0.6 is 11.3 Å². The average molecular weight is 447 g/mol. The molecule has 4 bridgehead atoms. The number of carbonyl (C=O) groups is 3. The molecule has 2 heterocycles. The zero-order valence-electron chi connectivity index (χ0n) is 18.3. The van der Waals surface area contributed by atoms with E-state index in [1.165, 1.54) is 17.8 Å². The number of nitrogens with one attached hydrogen (secondary N) is 1. The van der Waals surface area contributed by atoms with E-state index in [4.69, 9.17) is 4.74 Å². The lowest BCUT2D eigenvalue weighted by Crippen LogP contribution is -2.39. The molecule has 4 saturated carbocycles. The Morgan fingerprint density at radius 1 is 1.16 bits per heavy atom. The molecule has 1 aromatic heterocycles. The summed E-state index contributed by atoms with van der Waals surface area (Å²) in [6, 6.07) is 0. The number of carboxylic acid groups (broad SMARTS) is 1. The lowest BCUT2D eigenvalue weighted by molar-refractivity contribution is -0.127. The van der Waals surface area contributed by atoms with Gasteiger partial charge < -0.3 is 20.1 Å². The molecule has 8 heteroatoms. The summed E-state index contributed by atoms with van der Waals surface area (Å²) in [4.78, 5) is 40.4. The first-order valence-corrected chi connectivity index (χ1v) is 12.0. The van der Waals surface area contributed by atoms with Crippen molar-refractivity contribution in [3.63, 3.8) is 0 Å². The summed E-state index contributed by atoms with van der Waals surface area (Å²) in [5, 5.41) is 13.4. The Kier molecular flexibility index (Phi) is 4.66. The van der Waals surface area contributed by atoms with E-state index in [9.17, 15) is 19.5 Å². The molecule has 2 unspecified atom stereocenters. The summed E-state index contributed by atoms with van der Waals surface area (Å²) in [6.45, 7) is 6.18. The Labute approximate surface area is 186 Å². The van der Waals surface area contributed by atoms with Crippen molar-refractivity contribution < 1.29 is 24.2 Å². The summed E-state index contributed by atoms with van der Waals surface area (Å²) in [5.41, 5.74) is 0.0434. The average Bonchev–Trinajstić information content (AvgIpc) is 3.23. The lowest BCUT2D eigenvalue weighted by Gasteiger charge is -2.31. The van der Waals surface area contributed by atoms with Gasteiger partial charge in [-0.05, 0) is 82.6 Å². The smallest absolute Gasteiger partial charge is 0.410 e. The van der Waals surface area contributed by atoms with Crippen LogP contribution in [0.4, 0.5) is 9.80 Å². The largest absolute Gasteiger partial charge is 0.478 e. The van der Waals surface area contributed by atoms with Gasteiger partial charge in [-0.1, -0.05) is 0 Å². The van der Waals surface area contributed by atoms with Gasteiger partial charge in [-0.3, -0.25) is 4.79 Å². The second kappa shape index (κ2) is 6.95. The maximum absolute atomic E-state index is 13.4. The van der Waals surface area contributed by atoms with Gasteiger partial charge in [-0.2, -0.15) is 0 Å². The Balaban J connectivity index is 1.38. The molecular weight excluding hydrogens is 416 g/mol. The molecule has 4 fully saturated rings. The maximum Gasteiger partial charge on any atom is 0.410 e. The van der Waals surface area contributed by atoms with Gasteiger partial charge in [-0.25, -0.2) is 9.59 Å². The second-order valence-corrected chi connectivity index (χ2v) is 11.9.